The van der Waals surface area contributed by atoms with Crippen molar-refractivity contribution in [3.63, 3.8) is 0 Å². The summed E-state index contributed by atoms with van der Waals surface area (Å²) in [4.78, 5) is 32.2. The van der Waals surface area contributed by atoms with Gasteiger partial charge in [-0.05, 0) is 30.5 Å². The van der Waals surface area contributed by atoms with Crippen molar-refractivity contribution in [2.24, 2.45) is 11.8 Å². The molecule has 1 rings (SSSR count). The third kappa shape index (κ3) is 2.78. The van der Waals surface area contributed by atoms with Crippen molar-refractivity contribution in [1.29, 1.82) is 0 Å². The Kier molecular flexibility index (Phi) is 5.23. The van der Waals surface area contributed by atoms with Gasteiger partial charge in [0.25, 0.3) is 0 Å². The van der Waals surface area contributed by atoms with E-state index in [0.29, 0.717) is 16.7 Å². The van der Waals surface area contributed by atoms with Crippen molar-refractivity contribution in [3.8, 4) is 0 Å². The van der Waals surface area contributed by atoms with Crippen LogP contribution in [0.4, 0.5) is 5.69 Å². The van der Waals surface area contributed by atoms with Gasteiger partial charge < -0.3 is 15.4 Å². The van der Waals surface area contributed by atoms with E-state index in [9.17, 15) is 9.59 Å². The maximum absolute atomic E-state index is 11.9. The molecule has 0 aliphatic heterocycles. The van der Waals surface area contributed by atoms with Crippen molar-refractivity contribution >= 4 is 29.8 Å². The topological polar surface area (TPSA) is 131 Å². The minimum absolute atomic E-state index is 0.0340. The van der Waals surface area contributed by atoms with Gasteiger partial charge in [0.05, 0.1) is 16.8 Å². The van der Waals surface area contributed by atoms with E-state index in [1.54, 1.807) is 26.0 Å². The van der Waals surface area contributed by atoms with Crippen LogP contribution >= 0.6 is 0 Å². The summed E-state index contributed by atoms with van der Waals surface area (Å²) in [6.07, 6.45) is 4.68. The summed E-state index contributed by atoms with van der Waals surface area (Å²) in [7, 11) is 0. The van der Waals surface area contributed by atoms with E-state index in [-0.39, 0.29) is 16.8 Å². The Balaban J connectivity index is 3.95. The normalized spacial score (nSPS) is 10.5. The van der Waals surface area contributed by atoms with E-state index in [1.165, 1.54) is 6.08 Å². The van der Waals surface area contributed by atoms with E-state index in [2.05, 4.69) is 16.3 Å². The van der Waals surface area contributed by atoms with E-state index in [1.807, 2.05) is 0 Å². The number of hydrogen-bond donors (Lipinski definition) is 3. The summed E-state index contributed by atoms with van der Waals surface area (Å²) in [5.74, 6) is 8.27. The molecule has 21 heavy (non-hydrogen) atoms. The molecule has 0 fully saturated rings. The number of anilines is 1. The molecule has 0 aliphatic rings. The lowest BCUT2D eigenvalue weighted by atomic mass is 9.89. The van der Waals surface area contributed by atoms with Gasteiger partial charge in [-0.25, -0.2) is 9.59 Å². The molecule has 0 amide bonds. The molecule has 0 spiro atoms. The van der Waals surface area contributed by atoms with Gasteiger partial charge in [0.15, 0.2) is 0 Å². The van der Waals surface area contributed by atoms with Crippen LogP contribution in [0.2, 0.25) is 0 Å². The van der Waals surface area contributed by atoms with E-state index < -0.39 is 11.9 Å². The largest absolute Gasteiger partial charge is 0.398 e. The van der Waals surface area contributed by atoms with Gasteiger partial charge in [-0.3, -0.25) is 0 Å². The molecule has 7 nitrogen and oxygen atoms in total. The molecule has 1 aromatic rings. The van der Waals surface area contributed by atoms with Crippen molar-refractivity contribution in [3.05, 3.63) is 40.5 Å². The Labute approximate surface area is 121 Å². The molecule has 0 heterocycles. The number of carbonyl (C=O) groups is 2. The monoisotopic (exact) mass is 291 g/mol. The van der Waals surface area contributed by atoms with Crippen LogP contribution in [0.5, 0.6) is 0 Å². The molecule has 0 bridgehead atoms. The standard InChI is InChI=1S/C14H17N3O4/c1-4-6-9-8(5-2)11(14(19)21-17)12(15)7(3)10(9)13(18)20-16/h4-6H,2,15-17H2,1,3H3. The quantitative estimate of drug-likeness (QED) is 0.563. The maximum Gasteiger partial charge on any atom is 0.359 e. The molecule has 0 aliphatic carbocycles. The fraction of sp³-hybridized carbons (Fsp3) is 0.143. The molecule has 0 radical (unpaired) electrons. The minimum atomic E-state index is -0.830. The molecule has 6 N–H and O–H groups in total. The Morgan fingerprint density at radius 1 is 1.10 bits per heavy atom. The van der Waals surface area contributed by atoms with Crippen LogP contribution in [0.3, 0.4) is 0 Å². The highest BCUT2D eigenvalue weighted by molar-refractivity contribution is 6.06. The predicted molar refractivity (Wildman–Crippen MR) is 79.6 cm³/mol. The van der Waals surface area contributed by atoms with E-state index in [4.69, 9.17) is 17.5 Å². The average molecular weight is 291 g/mol. The Morgan fingerprint density at radius 3 is 2.05 bits per heavy atom. The highest BCUT2D eigenvalue weighted by Gasteiger charge is 2.26. The molecule has 0 atom stereocenters. The molecular weight excluding hydrogens is 274 g/mol. The van der Waals surface area contributed by atoms with Crippen molar-refractivity contribution < 1.29 is 19.3 Å². The average Bonchev–Trinajstić information content (AvgIpc) is 2.49. The first-order valence-corrected chi connectivity index (χ1v) is 5.97. The molecule has 0 saturated heterocycles. The van der Waals surface area contributed by atoms with Crippen LogP contribution in [0.1, 0.15) is 44.3 Å². The number of rotatable bonds is 4. The number of hydrogen-bond acceptors (Lipinski definition) is 7. The molecule has 7 heteroatoms. The molecule has 0 aromatic heterocycles. The van der Waals surface area contributed by atoms with Gasteiger partial charge in [0.1, 0.15) is 0 Å². The second kappa shape index (κ2) is 6.69. The van der Waals surface area contributed by atoms with Gasteiger partial charge in [0.2, 0.25) is 0 Å². The Morgan fingerprint density at radius 2 is 1.62 bits per heavy atom. The number of benzene rings is 1. The lowest BCUT2D eigenvalue weighted by Crippen LogP contribution is -2.20. The van der Waals surface area contributed by atoms with Gasteiger partial charge in [0, 0.05) is 0 Å². The summed E-state index contributed by atoms with van der Waals surface area (Å²) in [5.41, 5.74) is 7.20. The molecule has 0 unspecified atom stereocenters. The zero-order valence-corrected chi connectivity index (χ0v) is 11.8. The second-order valence-electron chi connectivity index (χ2n) is 4.13. The lowest BCUT2D eigenvalue weighted by molar-refractivity contribution is 0.0489. The van der Waals surface area contributed by atoms with Crippen LogP contribution in [-0.2, 0) is 9.68 Å². The maximum atomic E-state index is 11.9. The summed E-state index contributed by atoms with van der Waals surface area (Å²) in [6.45, 7) is 6.94. The van der Waals surface area contributed by atoms with Crippen molar-refractivity contribution in [2.75, 3.05) is 5.73 Å². The Bertz CT molecular complexity index is 636. The summed E-state index contributed by atoms with van der Waals surface area (Å²) in [5, 5.41) is 0. The lowest BCUT2D eigenvalue weighted by Gasteiger charge is -2.17. The number of carbonyl (C=O) groups excluding carboxylic acids is 2. The SMILES string of the molecule is C=Cc1c(C=CC)c(C(=O)ON)c(C)c(N)c1C(=O)ON. The van der Waals surface area contributed by atoms with E-state index in [0.717, 1.165) is 0 Å². The molecule has 112 valence electrons. The van der Waals surface area contributed by atoms with Crippen LogP contribution in [0, 0.1) is 6.92 Å². The zero-order chi connectivity index (χ0) is 16.2. The highest BCUT2D eigenvalue weighted by Crippen LogP contribution is 2.32. The van der Waals surface area contributed by atoms with Gasteiger partial charge in [-0.1, -0.05) is 24.8 Å². The third-order valence-electron chi connectivity index (χ3n) is 3.04. The summed E-state index contributed by atoms with van der Waals surface area (Å²) < 4.78 is 0. The third-order valence-corrected chi connectivity index (χ3v) is 3.04. The van der Waals surface area contributed by atoms with Crippen molar-refractivity contribution in [1.82, 2.24) is 0 Å². The Hall–Kier alpha value is -2.64. The van der Waals surface area contributed by atoms with Crippen LogP contribution in [0.15, 0.2) is 12.7 Å². The van der Waals surface area contributed by atoms with Gasteiger partial charge in [-0.2, -0.15) is 11.8 Å². The highest BCUT2D eigenvalue weighted by atomic mass is 16.7. The number of nitrogens with two attached hydrogens (primary N) is 3. The number of allylic oxidation sites excluding steroid dienone is 1. The second-order valence-corrected chi connectivity index (χ2v) is 4.13. The summed E-state index contributed by atoms with van der Waals surface area (Å²) in [6, 6.07) is 0. The number of nitrogen functional groups attached to an aromatic ring is 1. The fourth-order valence-electron chi connectivity index (χ4n) is 2.09. The summed E-state index contributed by atoms with van der Waals surface area (Å²) >= 11 is 0. The predicted octanol–water partition coefficient (Wildman–Crippen LogP) is 1.31. The minimum Gasteiger partial charge on any atom is -0.398 e. The van der Waals surface area contributed by atoms with Crippen LogP contribution in [-0.4, -0.2) is 11.9 Å². The first-order valence-electron chi connectivity index (χ1n) is 5.97. The van der Waals surface area contributed by atoms with Crippen LogP contribution < -0.4 is 17.5 Å². The first kappa shape index (κ1) is 16.4. The zero-order valence-electron chi connectivity index (χ0n) is 11.8. The van der Waals surface area contributed by atoms with Crippen molar-refractivity contribution in [2.45, 2.75) is 13.8 Å². The fourth-order valence-corrected chi connectivity index (χ4v) is 2.09. The van der Waals surface area contributed by atoms with Gasteiger partial charge in [-0.15, -0.1) is 0 Å². The molecule has 0 saturated carbocycles. The van der Waals surface area contributed by atoms with Crippen LogP contribution in [0.25, 0.3) is 12.2 Å². The van der Waals surface area contributed by atoms with E-state index >= 15 is 0 Å². The molecular formula is C14H17N3O4. The molecule has 1 aromatic carbocycles. The smallest absolute Gasteiger partial charge is 0.359 e. The first-order chi connectivity index (χ1) is 9.94. The van der Waals surface area contributed by atoms with Gasteiger partial charge >= 0.3 is 11.9 Å².